The number of nitrogens with two attached hydrogens (primary N) is 1. The molecule has 0 spiro atoms. The number of thiocarbonyl (C=S) groups is 1. The number of rotatable bonds is 7. The topological polar surface area (TPSA) is 106 Å². The largest absolute Gasteiger partial charge is 0.389 e. The Labute approximate surface area is 130 Å². The fraction of sp³-hybridized carbons (Fsp3) is 0.417. The summed E-state index contributed by atoms with van der Waals surface area (Å²) in [6, 6.07) is 4.37. The van der Waals surface area contributed by atoms with E-state index in [1.165, 1.54) is 25.1 Å². The van der Waals surface area contributed by atoms with Crippen molar-refractivity contribution in [2.75, 3.05) is 18.1 Å². The van der Waals surface area contributed by atoms with Crippen LogP contribution in [0.25, 0.3) is 0 Å². The summed E-state index contributed by atoms with van der Waals surface area (Å²) in [6.07, 6.45) is 0. The Balaban J connectivity index is 2.89. The van der Waals surface area contributed by atoms with Crippen LogP contribution in [0.3, 0.4) is 0 Å². The van der Waals surface area contributed by atoms with Crippen molar-refractivity contribution in [2.24, 2.45) is 5.73 Å². The molecule has 0 atom stereocenters. The molecule has 0 aliphatic carbocycles. The van der Waals surface area contributed by atoms with E-state index in [2.05, 4.69) is 4.72 Å². The van der Waals surface area contributed by atoms with E-state index < -0.39 is 19.9 Å². The molecule has 9 heteroatoms. The predicted molar refractivity (Wildman–Crippen MR) is 86.6 cm³/mol. The van der Waals surface area contributed by atoms with Crippen LogP contribution in [-0.2, 0) is 19.9 Å². The monoisotopic (exact) mass is 350 g/mol. The van der Waals surface area contributed by atoms with Crippen molar-refractivity contribution in [3.63, 3.8) is 0 Å². The van der Waals surface area contributed by atoms with Crippen molar-refractivity contribution in [2.45, 2.75) is 18.7 Å². The highest BCUT2D eigenvalue weighted by Gasteiger charge is 2.17. The number of sulfonamides is 1. The Kier molecular flexibility index (Phi) is 5.85. The normalized spacial score (nSPS) is 12.3. The molecule has 0 heterocycles. The highest BCUT2D eigenvalue weighted by Crippen LogP contribution is 2.15. The van der Waals surface area contributed by atoms with Gasteiger partial charge in [-0.25, -0.2) is 21.6 Å². The van der Waals surface area contributed by atoms with Crippen molar-refractivity contribution in [3.05, 3.63) is 29.3 Å². The van der Waals surface area contributed by atoms with Crippen LogP contribution in [0.2, 0.25) is 0 Å². The van der Waals surface area contributed by atoms with E-state index in [4.69, 9.17) is 18.0 Å². The molecule has 1 aromatic rings. The van der Waals surface area contributed by atoms with Crippen LogP contribution in [0.15, 0.2) is 23.1 Å². The lowest BCUT2D eigenvalue weighted by molar-refractivity contribution is 0.581. The molecule has 0 aromatic heterocycles. The van der Waals surface area contributed by atoms with Crippen LogP contribution >= 0.6 is 12.2 Å². The third-order valence-electron chi connectivity index (χ3n) is 2.92. The van der Waals surface area contributed by atoms with Crippen LogP contribution < -0.4 is 10.5 Å². The van der Waals surface area contributed by atoms with Crippen LogP contribution in [0.4, 0.5) is 0 Å². The van der Waals surface area contributed by atoms with E-state index in [0.29, 0.717) is 11.1 Å². The predicted octanol–water partition coefficient (Wildman–Crippen LogP) is 0.342. The lowest BCUT2D eigenvalue weighted by Crippen LogP contribution is -2.29. The molecule has 0 radical (unpaired) electrons. The highest BCUT2D eigenvalue weighted by molar-refractivity contribution is 7.91. The maximum absolute atomic E-state index is 12.1. The molecule has 3 N–H and O–H groups in total. The molecule has 1 rings (SSSR count). The van der Waals surface area contributed by atoms with Gasteiger partial charge in [-0.15, -0.1) is 0 Å². The number of hydrogen-bond acceptors (Lipinski definition) is 5. The first-order valence-electron chi connectivity index (χ1n) is 6.19. The maximum atomic E-state index is 12.1. The van der Waals surface area contributed by atoms with E-state index in [1.54, 1.807) is 6.92 Å². The van der Waals surface area contributed by atoms with Crippen LogP contribution in [0, 0.1) is 6.92 Å². The average Bonchev–Trinajstić information content (AvgIpc) is 2.37. The number of benzene rings is 1. The molecule has 0 bridgehead atoms. The molecule has 0 aliphatic rings. The summed E-state index contributed by atoms with van der Waals surface area (Å²) in [5, 5.41) is 0. The van der Waals surface area contributed by atoms with Gasteiger partial charge in [-0.2, -0.15) is 0 Å². The van der Waals surface area contributed by atoms with Gasteiger partial charge in [0, 0.05) is 17.9 Å². The van der Waals surface area contributed by atoms with Gasteiger partial charge in [-0.3, -0.25) is 0 Å². The zero-order chi connectivity index (χ0) is 16.3. The van der Waals surface area contributed by atoms with Gasteiger partial charge in [0.2, 0.25) is 10.0 Å². The first kappa shape index (κ1) is 18.0. The maximum Gasteiger partial charge on any atom is 0.240 e. The highest BCUT2D eigenvalue weighted by atomic mass is 32.2. The van der Waals surface area contributed by atoms with E-state index in [9.17, 15) is 16.8 Å². The zero-order valence-electron chi connectivity index (χ0n) is 11.8. The third kappa shape index (κ3) is 5.03. The van der Waals surface area contributed by atoms with Gasteiger partial charge < -0.3 is 5.73 Å². The minimum atomic E-state index is -3.75. The van der Waals surface area contributed by atoms with Crippen LogP contribution in [-0.4, -0.2) is 39.9 Å². The molecule has 1 aromatic carbocycles. The van der Waals surface area contributed by atoms with Crippen molar-refractivity contribution in [1.82, 2.24) is 4.72 Å². The van der Waals surface area contributed by atoms with Crippen molar-refractivity contribution < 1.29 is 16.8 Å². The third-order valence-corrected chi connectivity index (χ3v) is 6.30. The number of hydrogen-bond donors (Lipinski definition) is 2. The summed E-state index contributed by atoms with van der Waals surface area (Å²) in [5.74, 6) is -0.247. The molecule has 0 amide bonds. The second kappa shape index (κ2) is 6.82. The van der Waals surface area contributed by atoms with Gasteiger partial charge >= 0.3 is 0 Å². The van der Waals surface area contributed by atoms with Gasteiger partial charge in [-0.1, -0.05) is 25.2 Å². The molecule has 118 valence electrons. The Hall–Kier alpha value is -1.03. The molecular formula is C12H18N2O4S3. The molecule has 0 saturated carbocycles. The van der Waals surface area contributed by atoms with E-state index in [-0.39, 0.29) is 27.9 Å². The number of nitrogens with one attached hydrogen (secondary N) is 1. The Morgan fingerprint density at radius 1 is 1.29 bits per heavy atom. The lowest BCUT2D eigenvalue weighted by Gasteiger charge is -2.09. The molecule has 6 nitrogen and oxygen atoms in total. The van der Waals surface area contributed by atoms with Crippen molar-refractivity contribution >= 4 is 37.1 Å². The molecule has 0 fully saturated rings. The summed E-state index contributed by atoms with van der Waals surface area (Å²) in [5.41, 5.74) is 6.77. The first-order chi connectivity index (χ1) is 9.59. The first-order valence-corrected chi connectivity index (χ1v) is 9.91. The zero-order valence-corrected chi connectivity index (χ0v) is 14.2. The van der Waals surface area contributed by atoms with E-state index in [0.717, 1.165) is 0 Å². The number of sulfone groups is 1. The van der Waals surface area contributed by atoms with Gasteiger partial charge in [0.1, 0.15) is 4.99 Å². The summed E-state index contributed by atoms with van der Waals surface area (Å²) in [4.78, 5) is 0.243. The Bertz CT molecular complexity index is 740. The van der Waals surface area contributed by atoms with Gasteiger partial charge in [0.15, 0.2) is 9.84 Å². The molecule has 21 heavy (non-hydrogen) atoms. The lowest BCUT2D eigenvalue weighted by atomic mass is 10.1. The molecular weight excluding hydrogens is 332 g/mol. The quantitative estimate of drug-likeness (QED) is 0.687. The minimum Gasteiger partial charge on any atom is -0.389 e. The SMILES string of the molecule is CCS(=O)(=O)CCNS(=O)(=O)c1ccc(C(N)=S)c(C)c1. The summed E-state index contributed by atoms with van der Waals surface area (Å²) in [7, 11) is -6.97. The van der Waals surface area contributed by atoms with Gasteiger partial charge in [0.05, 0.1) is 10.6 Å². The number of aryl methyl sites for hydroxylation is 1. The van der Waals surface area contributed by atoms with Crippen LogP contribution in [0.1, 0.15) is 18.1 Å². The fourth-order valence-electron chi connectivity index (χ4n) is 1.64. The van der Waals surface area contributed by atoms with E-state index in [1.807, 2.05) is 0 Å². The Morgan fingerprint density at radius 3 is 2.38 bits per heavy atom. The molecule has 0 unspecified atom stereocenters. The average molecular weight is 350 g/mol. The van der Waals surface area contributed by atoms with Gasteiger partial charge in [0.25, 0.3) is 0 Å². The Morgan fingerprint density at radius 2 is 1.90 bits per heavy atom. The smallest absolute Gasteiger partial charge is 0.240 e. The summed E-state index contributed by atoms with van der Waals surface area (Å²) >= 11 is 4.86. The standard InChI is InChI=1S/C12H18N2O4S3/c1-3-20(15,16)7-6-14-21(17,18)10-4-5-11(12(13)19)9(2)8-10/h4-5,8,14H,3,6-7H2,1-2H3,(H2,13,19). The molecule has 0 saturated heterocycles. The molecule has 0 aliphatic heterocycles. The summed E-state index contributed by atoms with van der Waals surface area (Å²) in [6.45, 7) is 3.06. The van der Waals surface area contributed by atoms with E-state index >= 15 is 0 Å². The second-order valence-electron chi connectivity index (χ2n) is 4.48. The van der Waals surface area contributed by atoms with Crippen molar-refractivity contribution in [3.8, 4) is 0 Å². The minimum absolute atomic E-state index is 0.0174. The van der Waals surface area contributed by atoms with Crippen LogP contribution in [0.5, 0.6) is 0 Å². The van der Waals surface area contributed by atoms with Gasteiger partial charge in [-0.05, 0) is 24.6 Å². The second-order valence-corrected chi connectivity index (χ2v) is 9.15. The summed E-state index contributed by atoms with van der Waals surface area (Å²) < 4.78 is 49.1. The van der Waals surface area contributed by atoms with Crippen molar-refractivity contribution in [1.29, 1.82) is 0 Å². The fourth-order valence-corrected chi connectivity index (χ4v) is 3.82.